The van der Waals surface area contributed by atoms with Crippen LogP contribution >= 0.6 is 0 Å². The summed E-state index contributed by atoms with van der Waals surface area (Å²) in [6, 6.07) is 44.5. The number of aliphatic imine (C=N–C) groups is 1. The molecule has 8 rings (SSSR count). The van der Waals surface area contributed by atoms with Gasteiger partial charge in [0.2, 0.25) is 0 Å². The lowest BCUT2D eigenvalue weighted by molar-refractivity contribution is -0.404. The second-order valence-electron chi connectivity index (χ2n) is 14.2. The Kier molecular flexibility index (Phi) is 14.3. The van der Waals surface area contributed by atoms with E-state index in [0.717, 1.165) is 11.7 Å². The molecule has 0 radical (unpaired) electrons. The number of nitro benzene ring substituents is 6. The third kappa shape index (κ3) is 11.0. The Hall–Kier alpha value is -9.87. The molecule has 5 N–H and O–H groups in total. The van der Waals surface area contributed by atoms with Crippen LogP contribution in [-0.4, -0.2) is 45.6 Å². The second-order valence-corrected chi connectivity index (χ2v) is 14.2. The Labute approximate surface area is 376 Å². The topological polar surface area (TPSA) is 348 Å². The third-order valence-corrected chi connectivity index (χ3v) is 10.1. The summed E-state index contributed by atoms with van der Waals surface area (Å²) in [6.45, 7) is 0. The molecule has 0 bridgehead atoms. The molecule has 0 aromatic heterocycles. The van der Waals surface area contributed by atoms with Gasteiger partial charge < -0.3 is 26.2 Å². The van der Waals surface area contributed by atoms with Crippen molar-refractivity contribution in [3.05, 3.63) is 240 Å². The summed E-state index contributed by atoms with van der Waals surface area (Å²) in [5, 5.41) is 91.6. The lowest BCUT2D eigenvalue weighted by Gasteiger charge is -2.19. The molecule has 1 saturated heterocycles. The van der Waals surface area contributed by atoms with Gasteiger partial charge in [0.1, 0.15) is 17.7 Å². The number of nitrogens with zero attached hydrogens (tertiary/aromatic N) is 7. The average molecular weight is 915 g/mol. The van der Waals surface area contributed by atoms with Gasteiger partial charge in [-0.05, 0) is 22.3 Å². The minimum absolute atomic E-state index is 0.0155. The second kappa shape index (κ2) is 20.5. The Morgan fingerprint density at radius 2 is 0.716 bits per heavy atom. The molecule has 24 nitrogen and oxygen atoms in total. The number of phenolic OH excluding ortho intramolecular Hbond substituents is 2. The van der Waals surface area contributed by atoms with Crippen LogP contribution in [0.5, 0.6) is 11.5 Å². The van der Waals surface area contributed by atoms with Crippen molar-refractivity contribution in [3.8, 4) is 11.5 Å². The van der Waals surface area contributed by atoms with Crippen LogP contribution < -0.4 is 16.0 Å². The standard InChI is InChI=1S/C31H28N4.2C6H3N3O7/c1-5-13-22(14-6-1)28-29(23-15-7-2-8-16-23)33-26(32-28)21-27-34-30(24-17-9-3-10-18-24)31(35-27)25-19-11-4-12-20-25;2*10-6-4(8(13)14)1-3(7(11)12)2-5(6)9(15)16/h1-21,28-33H,(H,34,35);2*1-2,10H/t28-,29-,30-,31-;;/m0../s1. The lowest BCUT2D eigenvalue weighted by atomic mass is 9.95. The van der Waals surface area contributed by atoms with Gasteiger partial charge in [-0.15, -0.1) is 0 Å². The minimum Gasteiger partial charge on any atom is -0.497 e. The van der Waals surface area contributed by atoms with Gasteiger partial charge in [-0.2, -0.15) is 0 Å². The molecule has 340 valence electrons. The highest BCUT2D eigenvalue weighted by molar-refractivity contribution is 5.95. The van der Waals surface area contributed by atoms with Crippen LogP contribution in [0.15, 0.2) is 162 Å². The van der Waals surface area contributed by atoms with Gasteiger partial charge in [-0.25, -0.2) is 0 Å². The summed E-state index contributed by atoms with van der Waals surface area (Å²) in [5.74, 6) is -0.566. The molecule has 1 fully saturated rings. The van der Waals surface area contributed by atoms with Crippen molar-refractivity contribution in [2.45, 2.75) is 24.2 Å². The quantitative estimate of drug-likeness (QED) is 0.0603. The number of non-ortho nitro benzene ring substituents is 2. The van der Waals surface area contributed by atoms with Crippen LogP contribution in [0.2, 0.25) is 0 Å². The van der Waals surface area contributed by atoms with Crippen LogP contribution in [0, 0.1) is 60.7 Å². The van der Waals surface area contributed by atoms with Gasteiger partial charge in [-0.3, -0.25) is 65.7 Å². The minimum atomic E-state index is -1.21. The number of phenols is 2. The van der Waals surface area contributed by atoms with Crippen molar-refractivity contribution in [1.29, 1.82) is 0 Å². The number of hydrogen-bond acceptors (Lipinski definition) is 18. The summed E-state index contributed by atoms with van der Waals surface area (Å²) < 4.78 is 0. The molecule has 0 aliphatic carbocycles. The molecule has 0 spiro atoms. The van der Waals surface area contributed by atoms with Gasteiger partial charge in [-0.1, -0.05) is 121 Å². The molecule has 2 aliphatic heterocycles. The van der Waals surface area contributed by atoms with Crippen molar-refractivity contribution in [2.24, 2.45) is 4.99 Å². The molecule has 2 aliphatic rings. The molecule has 2 heterocycles. The maximum atomic E-state index is 10.4. The Morgan fingerprint density at radius 1 is 0.418 bits per heavy atom. The maximum absolute atomic E-state index is 10.4. The number of nitrogens with one attached hydrogen (secondary N) is 3. The van der Waals surface area contributed by atoms with E-state index in [9.17, 15) is 60.7 Å². The maximum Gasteiger partial charge on any atom is 0.324 e. The molecule has 6 aromatic rings. The molecule has 4 atom stereocenters. The van der Waals surface area contributed by atoms with Crippen LogP contribution in [-0.2, 0) is 0 Å². The monoisotopic (exact) mass is 914 g/mol. The van der Waals surface area contributed by atoms with E-state index in [1.54, 1.807) is 0 Å². The fourth-order valence-electron chi connectivity index (χ4n) is 7.00. The molecule has 6 aromatic carbocycles. The highest BCUT2D eigenvalue weighted by Crippen LogP contribution is 2.41. The first-order chi connectivity index (χ1) is 32.0. The molecule has 0 unspecified atom stereocenters. The number of amidine groups is 1. The largest absolute Gasteiger partial charge is 0.497 e. The van der Waals surface area contributed by atoms with Crippen LogP contribution in [0.25, 0.3) is 0 Å². The van der Waals surface area contributed by atoms with E-state index in [1.807, 2.05) is 0 Å². The average Bonchev–Trinajstić information content (AvgIpc) is 3.95. The van der Waals surface area contributed by atoms with Crippen molar-refractivity contribution < 1.29 is 39.8 Å². The number of nitro groups is 6. The van der Waals surface area contributed by atoms with Crippen molar-refractivity contribution in [1.82, 2.24) is 16.0 Å². The van der Waals surface area contributed by atoms with E-state index in [2.05, 4.69) is 143 Å². The zero-order valence-electron chi connectivity index (χ0n) is 34.2. The molecule has 0 amide bonds. The molecule has 24 heteroatoms. The Morgan fingerprint density at radius 3 is 1.01 bits per heavy atom. The number of rotatable bonds is 11. The van der Waals surface area contributed by atoms with Crippen molar-refractivity contribution >= 4 is 40.0 Å². The van der Waals surface area contributed by atoms with Gasteiger partial charge >= 0.3 is 22.7 Å². The predicted molar refractivity (Wildman–Crippen MR) is 238 cm³/mol. The summed E-state index contributed by atoms with van der Waals surface area (Å²) >= 11 is 0. The fraction of sp³-hybridized carbons (Fsp3) is 0.0930. The number of aromatic hydroxyl groups is 2. The zero-order valence-corrected chi connectivity index (χ0v) is 34.2. The first-order valence-corrected chi connectivity index (χ1v) is 19.4. The van der Waals surface area contributed by atoms with E-state index in [1.165, 1.54) is 22.3 Å². The van der Waals surface area contributed by atoms with Gasteiger partial charge in [0.05, 0.1) is 71.9 Å². The number of benzene rings is 6. The molecule has 67 heavy (non-hydrogen) atoms. The first-order valence-electron chi connectivity index (χ1n) is 19.4. The highest BCUT2D eigenvalue weighted by Gasteiger charge is 2.35. The van der Waals surface area contributed by atoms with E-state index in [0.29, 0.717) is 24.3 Å². The summed E-state index contributed by atoms with van der Waals surface area (Å²) in [6.07, 6.45) is 2.11. The van der Waals surface area contributed by atoms with Crippen LogP contribution in [0.4, 0.5) is 34.1 Å². The van der Waals surface area contributed by atoms with Gasteiger partial charge in [0.15, 0.2) is 0 Å². The zero-order chi connectivity index (χ0) is 48.4. The SMILES string of the molecule is C(=C1N[C@@H](c2ccccc2)[C@H](c2ccccc2)N1)C1=N[C@@H](c2ccccc2)[C@H](c2ccccc2)N1.O=[N+]([O-])c1cc([N+](=O)[O-])c(O)c([N+](=O)[O-])c1.O=[N+]([O-])c1cc([N+](=O)[O-])c(O)c([N+](=O)[O-])c1. The molecular formula is C43H34N10O14. The van der Waals surface area contributed by atoms with Crippen LogP contribution in [0.3, 0.4) is 0 Å². The van der Waals surface area contributed by atoms with Gasteiger partial charge in [0.25, 0.3) is 22.9 Å². The summed E-state index contributed by atoms with van der Waals surface area (Å²) in [5.41, 5.74) is -1.06. The molecular weight excluding hydrogens is 881 g/mol. The summed E-state index contributed by atoms with van der Waals surface area (Å²) in [7, 11) is 0. The highest BCUT2D eigenvalue weighted by atomic mass is 16.7. The van der Waals surface area contributed by atoms with Crippen molar-refractivity contribution in [3.63, 3.8) is 0 Å². The number of hydrogen-bond donors (Lipinski definition) is 5. The lowest BCUT2D eigenvalue weighted by Crippen LogP contribution is -2.25. The van der Waals surface area contributed by atoms with E-state index in [4.69, 9.17) is 15.2 Å². The van der Waals surface area contributed by atoms with E-state index in [-0.39, 0.29) is 24.2 Å². The summed E-state index contributed by atoms with van der Waals surface area (Å²) in [4.78, 5) is 60.7. The van der Waals surface area contributed by atoms with Crippen molar-refractivity contribution in [2.75, 3.05) is 0 Å². The van der Waals surface area contributed by atoms with E-state index < -0.39 is 75.2 Å². The normalized spacial score (nSPS) is 16.7. The Bertz CT molecular complexity index is 2700. The van der Waals surface area contributed by atoms with Gasteiger partial charge in [0, 0.05) is 6.08 Å². The van der Waals surface area contributed by atoms with E-state index >= 15 is 0 Å². The Balaban J connectivity index is 0.000000193. The fourth-order valence-corrected chi connectivity index (χ4v) is 7.00. The first kappa shape index (κ1) is 46.6. The smallest absolute Gasteiger partial charge is 0.324 e. The molecule has 0 saturated carbocycles. The third-order valence-electron chi connectivity index (χ3n) is 10.1. The predicted octanol–water partition coefficient (Wildman–Crippen LogP) is 8.22. The van der Waals surface area contributed by atoms with Crippen LogP contribution in [0.1, 0.15) is 46.4 Å².